The lowest BCUT2D eigenvalue weighted by Gasteiger charge is -2.12. The Bertz CT molecular complexity index is 763. The van der Waals surface area contributed by atoms with Crippen molar-refractivity contribution in [3.8, 4) is 11.1 Å². The molecule has 0 heterocycles. The molecule has 0 fully saturated rings. The Morgan fingerprint density at radius 3 is 2.39 bits per heavy atom. The molecule has 2 aromatic carbocycles. The van der Waals surface area contributed by atoms with E-state index in [4.69, 9.17) is 34.0 Å². The maximum absolute atomic E-state index is 10.9. The van der Waals surface area contributed by atoms with Crippen LogP contribution in [0.1, 0.15) is 5.56 Å². The SMILES string of the molecule is NC(Cc1cc(Cl)c(Cl)c(-c2ccc([N+](=O)[O-])cc2)c1)C(=O)O. The van der Waals surface area contributed by atoms with Gasteiger partial charge < -0.3 is 10.8 Å². The summed E-state index contributed by atoms with van der Waals surface area (Å²) in [4.78, 5) is 21.1. The number of nitrogens with two attached hydrogens (primary N) is 1. The van der Waals surface area contributed by atoms with E-state index in [9.17, 15) is 14.9 Å². The van der Waals surface area contributed by atoms with E-state index in [2.05, 4.69) is 0 Å². The minimum absolute atomic E-state index is 0.0416. The van der Waals surface area contributed by atoms with Gasteiger partial charge in [-0.25, -0.2) is 0 Å². The first-order valence-electron chi connectivity index (χ1n) is 6.50. The van der Waals surface area contributed by atoms with Gasteiger partial charge in [0.15, 0.2) is 0 Å². The number of carbonyl (C=O) groups is 1. The second-order valence-electron chi connectivity index (χ2n) is 4.89. The zero-order valence-electron chi connectivity index (χ0n) is 11.7. The number of hydrogen-bond donors (Lipinski definition) is 2. The predicted molar refractivity (Wildman–Crippen MR) is 87.9 cm³/mol. The minimum Gasteiger partial charge on any atom is -0.480 e. The van der Waals surface area contributed by atoms with E-state index < -0.39 is 16.9 Å². The first-order valence-corrected chi connectivity index (χ1v) is 7.26. The fraction of sp³-hybridized carbons (Fsp3) is 0.133. The largest absolute Gasteiger partial charge is 0.480 e. The van der Waals surface area contributed by atoms with E-state index in [1.165, 1.54) is 12.1 Å². The highest BCUT2D eigenvalue weighted by atomic mass is 35.5. The van der Waals surface area contributed by atoms with E-state index in [0.29, 0.717) is 16.7 Å². The highest BCUT2D eigenvalue weighted by molar-refractivity contribution is 6.43. The Kier molecular flexibility index (Phi) is 5.20. The van der Waals surface area contributed by atoms with E-state index in [1.54, 1.807) is 24.3 Å². The number of nitrogens with zero attached hydrogens (tertiary/aromatic N) is 1. The van der Waals surface area contributed by atoms with Gasteiger partial charge in [0, 0.05) is 17.7 Å². The zero-order valence-corrected chi connectivity index (χ0v) is 13.2. The van der Waals surface area contributed by atoms with Gasteiger partial charge in [-0.3, -0.25) is 14.9 Å². The summed E-state index contributed by atoms with van der Waals surface area (Å²) in [6, 6.07) is 7.99. The van der Waals surface area contributed by atoms with Crippen molar-refractivity contribution in [2.75, 3.05) is 0 Å². The topological polar surface area (TPSA) is 106 Å². The van der Waals surface area contributed by atoms with E-state index in [0.717, 1.165) is 0 Å². The van der Waals surface area contributed by atoms with Gasteiger partial charge in [-0.15, -0.1) is 0 Å². The fourth-order valence-electron chi connectivity index (χ4n) is 2.08. The van der Waals surface area contributed by atoms with Crippen molar-refractivity contribution in [3.63, 3.8) is 0 Å². The van der Waals surface area contributed by atoms with Crippen LogP contribution < -0.4 is 5.73 Å². The van der Waals surface area contributed by atoms with Crippen LogP contribution in [0.3, 0.4) is 0 Å². The lowest BCUT2D eigenvalue weighted by atomic mass is 9.99. The number of benzene rings is 2. The second kappa shape index (κ2) is 6.95. The Balaban J connectivity index is 2.43. The van der Waals surface area contributed by atoms with Crippen LogP contribution >= 0.6 is 23.2 Å². The standard InChI is InChI=1S/C15H12Cl2N2O4/c16-12-6-8(7-13(18)15(20)21)5-11(14(12)17)9-1-3-10(4-2-9)19(22)23/h1-6,13H,7,18H2,(H,20,21). The van der Waals surface area contributed by atoms with Gasteiger partial charge in [-0.2, -0.15) is 0 Å². The molecule has 2 aromatic rings. The molecule has 1 unspecified atom stereocenters. The first-order chi connectivity index (χ1) is 10.8. The summed E-state index contributed by atoms with van der Waals surface area (Å²) in [6.45, 7) is 0. The molecule has 3 N–H and O–H groups in total. The van der Waals surface area contributed by atoms with Gasteiger partial charge in [0.05, 0.1) is 15.0 Å². The number of hydrogen-bond acceptors (Lipinski definition) is 4. The number of carboxylic acid groups (broad SMARTS) is 1. The summed E-state index contributed by atoms with van der Waals surface area (Å²) in [7, 11) is 0. The van der Waals surface area contributed by atoms with Gasteiger partial charge in [0.1, 0.15) is 6.04 Å². The number of carboxylic acids is 1. The summed E-state index contributed by atoms with van der Waals surface area (Å²) in [5, 5.41) is 20.1. The third kappa shape index (κ3) is 3.98. The third-order valence-corrected chi connectivity index (χ3v) is 4.05. The lowest BCUT2D eigenvalue weighted by molar-refractivity contribution is -0.384. The molecule has 0 radical (unpaired) electrons. The molecule has 0 aliphatic rings. The van der Waals surface area contributed by atoms with Crippen molar-refractivity contribution in [1.82, 2.24) is 0 Å². The van der Waals surface area contributed by atoms with Crippen LogP contribution in [0.25, 0.3) is 11.1 Å². The van der Waals surface area contributed by atoms with Gasteiger partial charge in [0.25, 0.3) is 5.69 Å². The smallest absolute Gasteiger partial charge is 0.320 e. The quantitative estimate of drug-likeness (QED) is 0.630. The van der Waals surface area contributed by atoms with Crippen molar-refractivity contribution < 1.29 is 14.8 Å². The predicted octanol–water partition coefficient (Wildman–Crippen LogP) is 3.52. The van der Waals surface area contributed by atoms with Crippen molar-refractivity contribution in [2.45, 2.75) is 12.5 Å². The maximum Gasteiger partial charge on any atom is 0.320 e. The monoisotopic (exact) mass is 354 g/mol. The van der Waals surface area contributed by atoms with Crippen LogP contribution in [0.2, 0.25) is 10.0 Å². The number of halogens is 2. The van der Waals surface area contributed by atoms with Crippen LogP contribution in [0, 0.1) is 10.1 Å². The van der Waals surface area contributed by atoms with Crippen molar-refractivity contribution in [2.24, 2.45) is 5.73 Å². The number of nitro benzene ring substituents is 1. The number of aliphatic carboxylic acids is 1. The lowest BCUT2D eigenvalue weighted by Crippen LogP contribution is -2.32. The zero-order chi connectivity index (χ0) is 17.1. The molecular weight excluding hydrogens is 343 g/mol. The van der Waals surface area contributed by atoms with Gasteiger partial charge in [0.2, 0.25) is 0 Å². The Morgan fingerprint density at radius 2 is 1.87 bits per heavy atom. The molecule has 0 saturated heterocycles. The van der Waals surface area contributed by atoms with E-state index in [-0.39, 0.29) is 22.2 Å². The highest BCUT2D eigenvalue weighted by Gasteiger charge is 2.16. The molecule has 1 atom stereocenters. The van der Waals surface area contributed by atoms with Crippen LogP contribution in [-0.2, 0) is 11.2 Å². The van der Waals surface area contributed by atoms with E-state index >= 15 is 0 Å². The molecule has 6 nitrogen and oxygen atoms in total. The van der Waals surface area contributed by atoms with Crippen LogP contribution in [-0.4, -0.2) is 22.0 Å². The molecule has 2 rings (SSSR count). The molecule has 23 heavy (non-hydrogen) atoms. The molecule has 0 aliphatic heterocycles. The number of rotatable bonds is 5. The van der Waals surface area contributed by atoms with Crippen molar-refractivity contribution in [3.05, 3.63) is 62.1 Å². The van der Waals surface area contributed by atoms with E-state index in [1.807, 2.05) is 0 Å². The number of non-ortho nitro benzene ring substituents is 1. The normalized spacial score (nSPS) is 12.0. The van der Waals surface area contributed by atoms with Crippen molar-refractivity contribution >= 4 is 34.9 Å². The first kappa shape index (κ1) is 17.2. The molecule has 0 bridgehead atoms. The van der Waals surface area contributed by atoms with Crippen LogP contribution in [0.4, 0.5) is 5.69 Å². The van der Waals surface area contributed by atoms with Gasteiger partial charge in [-0.1, -0.05) is 23.2 Å². The summed E-state index contributed by atoms with van der Waals surface area (Å²) in [5.41, 5.74) is 7.29. The molecule has 0 amide bonds. The average molecular weight is 355 g/mol. The summed E-state index contributed by atoms with van der Waals surface area (Å²) >= 11 is 12.3. The molecular formula is C15H12Cl2N2O4. The molecule has 0 aliphatic carbocycles. The van der Waals surface area contributed by atoms with Crippen molar-refractivity contribution in [1.29, 1.82) is 0 Å². The Hall–Kier alpha value is -2.15. The summed E-state index contributed by atoms with van der Waals surface area (Å²) in [5.74, 6) is -1.12. The molecule has 0 saturated carbocycles. The van der Waals surface area contributed by atoms with Crippen LogP contribution in [0.5, 0.6) is 0 Å². The second-order valence-corrected chi connectivity index (χ2v) is 5.68. The highest BCUT2D eigenvalue weighted by Crippen LogP contribution is 2.35. The average Bonchev–Trinajstić information content (AvgIpc) is 2.50. The molecule has 0 aromatic heterocycles. The molecule has 0 spiro atoms. The Labute approximate surface area is 141 Å². The minimum atomic E-state index is -1.12. The fourth-order valence-corrected chi connectivity index (χ4v) is 2.54. The Morgan fingerprint density at radius 1 is 1.26 bits per heavy atom. The van der Waals surface area contributed by atoms with Gasteiger partial charge in [-0.05, 0) is 41.8 Å². The molecule has 120 valence electrons. The van der Waals surface area contributed by atoms with Crippen LogP contribution in [0.15, 0.2) is 36.4 Å². The van der Waals surface area contributed by atoms with Gasteiger partial charge >= 0.3 is 5.97 Å². The maximum atomic E-state index is 10.9. The molecule has 8 heteroatoms. The summed E-state index contributed by atoms with van der Waals surface area (Å²) < 4.78 is 0. The third-order valence-electron chi connectivity index (χ3n) is 3.25. The summed E-state index contributed by atoms with van der Waals surface area (Å²) in [6.07, 6.45) is 0.0895. The number of nitro groups is 1.